The molecule has 0 aliphatic carbocycles. The quantitative estimate of drug-likeness (QED) is 0.790. The summed E-state index contributed by atoms with van der Waals surface area (Å²) < 4.78 is 10.6. The maximum absolute atomic E-state index is 11.9. The molecule has 1 aliphatic heterocycles. The minimum Gasteiger partial charge on any atom is -0.496 e. The number of carbonyl (C=O) groups is 2. The molecule has 150 valence electrons. The van der Waals surface area contributed by atoms with Crippen LogP contribution >= 0.6 is 0 Å². The number of nitrogens with one attached hydrogen (secondary N) is 1. The number of carboxylic acid groups (broad SMARTS) is 1. The zero-order chi connectivity index (χ0) is 20.0. The summed E-state index contributed by atoms with van der Waals surface area (Å²) in [5, 5.41) is 11.9. The van der Waals surface area contributed by atoms with Crippen molar-refractivity contribution in [2.24, 2.45) is 0 Å². The number of benzene rings is 1. The minimum atomic E-state index is -1.12. The van der Waals surface area contributed by atoms with Crippen molar-refractivity contribution in [2.45, 2.75) is 58.1 Å². The Bertz CT molecular complexity index is 663. The number of nitrogens with zero attached hydrogens (tertiary/aromatic N) is 1. The normalized spacial score (nSPS) is 15.8. The van der Waals surface area contributed by atoms with Gasteiger partial charge in [-0.1, -0.05) is 6.07 Å². The number of carboxylic acids is 1. The van der Waals surface area contributed by atoms with Crippen molar-refractivity contribution >= 4 is 17.7 Å². The van der Waals surface area contributed by atoms with Gasteiger partial charge in [-0.25, -0.2) is 9.59 Å². The number of hydrogen-bond acceptors (Lipinski definition) is 5. The summed E-state index contributed by atoms with van der Waals surface area (Å²) in [6.07, 6.45) is 2.95. The van der Waals surface area contributed by atoms with Crippen molar-refractivity contribution in [1.29, 1.82) is 0 Å². The SMILES string of the molecule is COc1cc(N2CCCCC2)ccc1CC(NC(=O)OC(C)(C)C)C(=O)O. The lowest BCUT2D eigenvalue weighted by atomic mass is 10.0. The number of carbonyl (C=O) groups excluding carboxylic acids is 1. The number of alkyl carbamates (subject to hydrolysis) is 1. The Morgan fingerprint density at radius 2 is 1.89 bits per heavy atom. The number of anilines is 1. The average Bonchev–Trinajstić information content (AvgIpc) is 2.60. The first-order chi connectivity index (χ1) is 12.7. The summed E-state index contributed by atoms with van der Waals surface area (Å²) >= 11 is 0. The number of piperidine rings is 1. The Hall–Kier alpha value is -2.44. The topological polar surface area (TPSA) is 88.1 Å². The third-order valence-corrected chi connectivity index (χ3v) is 4.40. The van der Waals surface area contributed by atoms with E-state index in [-0.39, 0.29) is 6.42 Å². The van der Waals surface area contributed by atoms with Crippen LogP contribution in [-0.4, -0.2) is 49.0 Å². The number of amides is 1. The van der Waals surface area contributed by atoms with E-state index in [1.165, 1.54) is 19.3 Å². The van der Waals surface area contributed by atoms with Crippen LogP contribution in [0.2, 0.25) is 0 Å². The molecular formula is C20H30N2O5. The van der Waals surface area contributed by atoms with Gasteiger partial charge >= 0.3 is 12.1 Å². The minimum absolute atomic E-state index is 0.109. The van der Waals surface area contributed by atoms with Crippen molar-refractivity contribution in [2.75, 3.05) is 25.1 Å². The lowest BCUT2D eigenvalue weighted by molar-refractivity contribution is -0.139. The van der Waals surface area contributed by atoms with E-state index < -0.39 is 23.7 Å². The van der Waals surface area contributed by atoms with Gasteiger partial charge in [0.2, 0.25) is 0 Å². The first-order valence-electron chi connectivity index (χ1n) is 9.34. The number of ether oxygens (including phenoxy) is 2. The second-order valence-corrected chi connectivity index (χ2v) is 7.79. The summed E-state index contributed by atoms with van der Waals surface area (Å²) in [4.78, 5) is 25.9. The van der Waals surface area contributed by atoms with Crippen LogP contribution in [0.25, 0.3) is 0 Å². The molecule has 0 aromatic heterocycles. The summed E-state index contributed by atoms with van der Waals surface area (Å²) in [6.45, 7) is 7.21. The average molecular weight is 378 g/mol. The highest BCUT2D eigenvalue weighted by Gasteiger charge is 2.25. The van der Waals surface area contributed by atoms with Gasteiger partial charge in [0.1, 0.15) is 17.4 Å². The van der Waals surface area contributed by atoms with Crippen molar-refractivity contribution in [1.82, 2.24) is 5.32 Å². The van der Waals surface area contributed by atoms with Crippen LogP contribution in [0, 0.1) is 0 Å². The standard InChI is InChI=1S/C20H30N2O5/c1-20(2,3)27-19(25)21-16(18(23)24)12-14-8-9-15(13-17(14)26-4)22-10-6-5-7-11-22/h8-9,13,16H,5-7,10-12H2,1-4H3,(H,21,25)(H,23,24). The van der Waals surface area contributed by atoms with Gasteiger partial charge in [0.25, 0.3) is 0 Å². The fourth-order valence-corrected chi connectivity index (χ4v) is 3.12. The fourth-order valence-electron chi connectivity index (χ4n) is 3.12. The first kappa shape index (κ1) is 20.9. The predicted molar refractivity (Wildman–Crippen MR) is 104 cm³/mol. The second-order valence-electron chi connectivity index (χ2n) is 7.79. The molecule has 0 spiro atoms. The largest absolute Gasteiger partial charge is 0.496 e. The molecule has 1 amide bonds. The number of methoxy groups -OCH3 is 1. The molecule has 1 fully saturated rings. The van der Waals surface area contributed by atoms with Crippen LogP contribution < -0.4 is 15.0 Å². The van der Waals surface area contributed by atoms with Gasteiger partial charge < -0.3 is 24.8 Å². The first-order valence-corrected chi connectivity index (χ1v) is 9.34. The molecule has 1 aliphatic rings. The van der Waals surface area contributed by atoms with Gasteiger partial charge in [-0.3, -0.25) is 0 Å². The zero-order valence-corrected chi connectivity index (χ0v) is 16.6. The third-order valence-electron chi connectivity index (χ3n) is 4.40. The molecule has 0 saturated carbocycles. The van der Waals surface area contributed by atoms with Gasteiger partial charge in [0.05, 0.1) is 7.11 Å². The summed E-state index contributed by atoms with van der Waals surface area (Å²) in [7, 11) is 1.57. The van der Waals surface area contributed by atoms with E-state index in [2.05, 4.69) is 10.2 Å². The van der Waals surface area contributed by atoms with E-state index in [1.807, 2.05) is 18.2 Å². The van der Waals surface area contributed by atoms with Crippen LogP contribution in [0.15, 0.2) is 18.2 Å². The maximum atomic E-state index is 11.9. The molecule has 1 heterocycles. The highest BCUT2D eigenvalue weighted by molar-refractivity contribution is 5.80. The third kappa shape index (κ3) is 6.34. The van der Waals surface area contributed by atoms with Crippen LogP contribution in [0.5, 0.6) is 5.75 Å². The van der Waals surface area contributed by atoms with Crippen molar-refractivity contribution in [3.63, 3.8) is 0 Å². The lowest BCUT2D eigenvalue weighted by Crippen LogP contribution is -2.44. The number of rotatable bonds is 6. The van der Waals surface area contributed by atoms with Crippen molar-refractivity contribution in [3.05, 3.63) is 23.8 Å². The molecule has 27 heavy (non-hydrogen) atoms. The van der Waals surface area contributed by atoms with Gasteiger partial charge in [-0.2, -0.15) is 0 Å². The van der Waals surface area contributed by atoms with E-state index in [9.17, 15) is 14.7 Å². The lowest BCUT2D eigenvalue weighted by Gasteiger charge is -2.29. The van der Waals surface area contributed by atoms with Gasteiger partial charge in [0, 0.05) is 31.3 Å². The fraction of sp³-hybridized carbons (Fsp3) is 0.600. The number of hydrogen-bond donors (Lipinski definition) is 2. The van der Waals surface area contributed by atoms with Crippen LogP contribution in [0.3, 0.4) is 0 Å². The Kier molecular flexibility index (Phi) is 6.93. The van der Waals surface area contributed by atoms with E-state index in [4.69, 9.17) is 9.47 Å². The molecule has 0 bridgehead atoms. The van der Waals surface area contributed by atoms with Gasteiger partial charge in [-0.15, -0.1) is 0 Å². The Labute approximate surface area is 160 Å². The summed E-state index contributed by atoms with van der Waals surface area (Å²) in [5.41, 5.74) is 1.10. The molecule has 1 aromatic carbocycles. The highest BCUT2D eigenvalue weighted by Crippen LogP contribution is 2.28. The smallest absolute Gasteiger partial charge is 0.408 e. The molecule has 1 saturated heterocycles. The van der Waals surface area contributed by atoms with Crippen LogP contribution in [-0.2, 0) is 16.0 Å². The van der Waals surface area contributed by atoms with E-state index >= 15 is 0 Å². The van der Waals surface area contributed by atoms with E-state index in [0.29, 0.717) is 5.75 Å². The van der Waals surface area contributed by atoms with Gasteiger partial charge in [-0.05, 0) is 51.7 Å². The molecule has 1 unspecified atom stereocenters. The molecule has 2 rings (SSSR count). The van der Waals surface area contributed by atoms with E-state index in [0.717, 1.165) is 24.3 Å². The molecule has 0 radical (unpaired) electrons. The summed E-state index contributed by atoms with van der Waals surface area (Å²) in [6, 6.07) is 4.69. The Balaban J connectivity index is 2.12. The molecule has 1 aromatic rings. The monoisotopic (exact) mass is 378 g/mol. The predicted octanol–water partition coefficient (Wildman–Crippen LogP) is 3.21. The highest BCUT2D eigenvalue weighted by atomic mass is 16.6. The molecule has 1 atom stereocenters. The van der Waals surface area contributed by atoms with Crippen LogP contribution in [0.4, 0.5) is 10.5 Å². The molecule has 7 nitrogen and oxygen atoms in total. The zero-order valence-electron chi connectivity index (χ0n) is 16.6. The Morgan fingerprint density at radius 3 is 2.44 bits per heavy atom. The second kappa shape index (κ2) is 8.97. The molecular weight excluding hydrogens is 348 g/mol. The van der Waals surface area contributed by atoms with Crippen molar-refractivity contribution < 1.29 is 24.2 Å². The van der Waals surface area contributed by atoms with Gasteiger partial charge in [0.15, 0.2) is 0 Å². The summed E-state index contributed by atoms with van der Waals surface area (Å²) in [5.74, 6) is -0.502. The Morgan fingerprint density at radius 1 is 1.22 bits per heavy atom. The van der Waals surface area contributed by atoms with Crippen molar-refractivity contribution in [3.8, 4) is 5.75 Å². The maximum Gasteiger partial charge on any atom is 0.408 e. The molecule has 2 N–H and O–H groups in total. The number of aliphatic carboxylic acids is 1. The molecule has 7 heteroatoms. The van der Waals surface area contributed by atoms with E-state index in [1.54, 1.807) is 27.9 Å². The van der Waals surface area contributed by atoms with Crippen LogP contribution in [0.1, 0.15) is 45.6 Å².